The molecule has 0 spiro atoms. The number of benzene rings is 2. The summed E-state index contributed by atoms with van der Waals surface area (Å²) in [7, 11) is 3.42. The van der Waals surface area contributed by atoms with Crippen molar-refractivity contribution >= 4 is 49.3 Å². The fourth-order valence-electron chi connectivity index (χ4n) is 6.06. The minimum absolute atomic E-state index is 0.182. The van der Waals surface area contributed by atoms with Crippen LogP contribution in [-0.4, -0.2) is 47.6 Å². The topological polar surface area (TPSA) is 61.0 Å². The molecule has 1 saturated heterocycles. The van der Waals surface area contributed by atoms with Crippen molar-refractivity contribution in [2.24, 2.45) is 5.92 Å². The quantitative estimate of drug-likeness (QED) is 0.339. The van der Waals surface area contributed by atoms with Crippen molar-refractivity contribution in [2.45, 2.75) is 44.4 Å². The molecule has 2 aromatic carbocycles. The maximum absolute atomic E-state index is 13.1. The first kappa shape index (κ1) is 22.1. The van der Waals surface area contributed by atoms with Gasteiger partial charge in [-0.1, -0.05) is 18.9 Å². The number of aromatic nitrogens is 3. The number of anilines is 1. The van der Waals surface area contributed by atoms with Crippen molar-refractivity contribution in [1.29, 1.82) is 0 Å². The minimum atomic E-state index is -0.183. The third kappa shape index (κ3) is 3.38. The van der Waals surface area contributed by atoms with Gasteiger partial charge in [0.25, 0.3) is 5.56 Å². The van der Waals surface area contributed by atoms with Crippen LogP contribution >= 0.6 is 15.9 Å². The van der Waals surface area contributed by atoms with E-state index < -0.39 is 0 Å². The third-order valence-corrected chi connectivity index (χ3v) is 8.31. The monoisotopic (exact) mass is 524 g/mol. The van der Waals surface area contributed by atoms with Gasteiger partial charge >= 0.3 is 0 Å². The van der Waals surface area contributed by atoms with E-state index in [1.807, 2.05) is 18.2 Å². The maximum atomic E-state index is 13.1. The second kappa shape index (κ2) is 8.66. The molecule has 0 unspecified atom stereocenters. The van der Waals surface area contributed by atoms with Gasteiger partial charge in [-0.3, -0.25) is 9.20 Å². The van der Waals surface area contributed by atoms with Gasteiger partial charge in [0, 0.05) is 49.4 Å². The van der Waals surface area contributed by atoms with Gasteiger partial charge in [0.2, 0.25) is 5.78 Å². The molecular formula is C26H29BrN4O3. The lowest BCUT2D eigenvalue weighted by Crippen LogP contribution is -2.28. The highest BCUT2D eigenvalue weighted by Gasteiger charge is 2.31. The first-order chi connectivity index (χ1) is 16.6. The van der Waals surface area contributed by atoms with E-state index in [4.69, 9.17) is 9.47 Å². The van der Waals surface area contributed by atoms with Gasteiger partial charge in [-0.05, 0) is 65.5 Å². The molecule has 1 atom stereocenters. The molecule has 178 valence electrons. The van der Waals surface area contributed by atoms with Gasteiger partial charge in [-0.2, -0.15) is 4.98 Å². The van der Waals surface area contributed by atoms with Crippen molar-refractivity contribution in [2.75, 3.05) is 32.2 Å². The maximum Gasteiger partial charge on any atom is 0.283 e. The van der Waals surface area contributed by atoms with E-state index in [-0.39, 0.29) is 11.8 Å². The third-order valence-electron chi connectivity index (χ3n) is 7.65. The van der Waals surface area contributed by atoms with E-state index in [2.05, 4.69) is 53.0 Å². The average molecular weight is 525 g/mol. The zero-order valence-corrected chi connectivity index (χ0v) is 21.1. The fourth-order valence-corrected chi connectivity index (χ4v) is 6.59. The van der Waals surface area contributed by atoms with Crippen LogP contribution in [-0.2, 0) is 9.47 Å². The summed E-state index contributed by atoms with van der Waals surface area (Å²) in [5.74, 6) is 1.08. The van der Waals surface area contributed by atoms with Crippen LogP contribution in [0.3, 0.4) is 0 Å². The number of fused-ring (bicyclic) bond motifs is 5. The fraction of sp³-hybridized carbons (Fsp3) is 0.462. The normalized spacial score (nSPS) is 19.5. The lowest BCUT2D eigenvalue weighted by atomic mass is 10.1. The van der Waals surface area contributed by atoms with Gasteiger partial charge in [0.1, 0.15) is 0 Å². The standard InChI is InChI=1S/C26H29BrN4O3/c1-33-25(34-2)16-12-13-29(15-16)18-10-11-20-22(14-18)30(17-6-3-4-7-17)26-28-24(32)23-19(27)8-5-9-21(23)31(20)26/h5,8-11,14,16-17,25H,3-4,6-7,12-13,15H2,1-2H3/t16-/m1/s1. The largest absolute Gasteiger partial charge is 0.371 e. The molecule has 4 aromatic rings. The SMILES string of the molecule is COC(OC)[C@@H]1CCN(c2ccc3c(c2)n(C2CCCC2)c2nc(=O)c4c(Br)cccc4n32)C1. The summed E-state index contributed by atoms with van der Waals surface area (Å²) < 4.78 is 16.3. The summed E-state index contributed by atoms with van der Waals surface area (Å²) >= 11 is 3.57. The number of nitrogens with zero attached hydrogens (tertiary/aromatic N) is 4. The lowest BCUT2D eigenvalue weighted by molar-refractivity contribution is -0.132. The molecule has 34 heavy (non-hydrogen) atoms. The number of rotatable bonds is 5. The zero-order valence-electron chi connectivity index (χ0n) is 19.5. The van der Waals surface area contributed by atoms with E-state index in [1.54, 1.807) is 14.2 Å². The van der Waals surface area contributed by atoms with Crippen LogP contribution in [0.25, 0.3) is 27.7 Å². The summed E-state index contributed by atoms with van der Waals surface area (Å²) in [6, 6.07) is 12.9. The molecule has 6 rings (SSSR count). The smallest absolute Gasteiger partial charge is 0.283 e. The molecule has 7 nitrogen and oxygen atoms in total. The molecule has 2 fully saturated rings. The van der Waals surface area contributed by atoms with E-state index in [0.29, 0.717) is 17.3 Å². The van der Waals surface area contributed by atoms with Crippen molar-refractivity contribution in [3.63, 3.8) is 0 Å². The molecule has 8 heteroatoms. The number of hydrogen-bond donors (Lipinski definition) is 0. The summed E-state index contributed by atoms with van der Waals surface area (Å²) in [6.07, 6.45) is 5.51. The highest BCUT2D eigenvalue weighted by atomic mass is 79.9. The second-order valence-corrected chi connectivity index (χ2v) is 10.4. The van der Waals surface area contributed by atoms with Crippen LogP contribution in [0.5, 0.6) is 0 Å². The summed E-state index contributed by atoms with van der Waals surface area (Å²) in [5.41, 5.74) is 4.13. The minimum Gasteiger partial charge on any atom is -0.371 e. The Bertz CT molecular complexity index is 1440. The number of hydrogen-bond acceptors (Lipinski definition) is 5. The Morgan fingerprint density at radius 2 is 1.82 bits per heavy atom. The predicted molar refractivity (Wildman–Crippen MR) is 138 cm³/mol. The van der Waals surface area contributed by atoms with Crippen molar-refractivity contribution in [1.82, 2.24) is 14.0 Å². The average Bonchev–Trinajstić information content (AvgIpc) is 3.58. The molecular weight excluding hydrogens is 496 g/mol. The van der Waals surface area contributed by atoms with E-state index in [0.717, 1.165) is 59.2 Å². The first-order valence-corrected chi connectivity index (χ1v) is 12.9. The van der Waals surface area contributed by atoms with E-state index in [1.165, 1.54) is 18.5 Å². The van der Waals surface area contributed by atoms with Crippen molar-refractivity contribution in [3.05, 3.63) is 51.2 Å². The Morgan fingerprint density at radius 3 is 2.59 bits per heavy atom. The van der Waals surface area contributed by atoms with Crippen molar-refractivity contribution in [3.8, 4) is 0 Å². The van der Waals surface area contributed by atoms with Gasteiger partial charge < -0.3 is 18.9 Å². The molecule has 0 bridgehead atoms. The van der Waals surface area contributed by atoms with Gasteiger partial charge in [-0.25, -0.2) is 0 Å². The molecule has 2 aromatic heterocycles. The first-order valence-electron chi connectivity index (χ1n) is 12.1. The molecule has 0 amide bonds. The summed E-state index contributed by atoms with van der Waals surface area (Å²) in [6.45, 7) is 1.86. The highest BCUT2D eigenvalue weighted by Crippen LogP contribution is 2.38. The lowest BCUT2D eigenvalue weighted by Gasteiger charge is -2.23. The summed E-state index contributed by atoms with van der Waals surface area (Å²) in [4.78, 5) is 20.1. The zero-order chi connectivity index (χ0) is 23.4. The molecule has 0 N–H and O–H groups in total. The van der Waals surface area contributed by atoms with Crippen LogP contribution in [0.1, 0.15) is 38.1 Å². The molecule has 3 heterocycles. The van der Waals surface area contributed by atoms with Crippen LogP contribution < -0.4 is 10.5 Å². The Hall–Kier alpha value is -2.42. The number of ether oxygens (including phenoxy) is 2. The Labute approximate surface area is 206 Å². The van der Waals surface area contributed by atoms with Gasteiger partial charge in [0.15, 0.2) is 6.29 Å². The van der Waals surface area contributed by atoms with Crippen LogP contribution in [0.15, 0.2) is 45.7 Å². The van der Waals surface area contributed by atoms with Gasteiger partial charge in [-0.15, -0.1) is 0 Å². The molecule has 1 aliphatic heterocycles. The second-order valence-electron chi connectivity index (χ2n) is 9.50. The Balaban J connectivity index is 1.56. The number of imidazole rings is 1. The van der Waals surface area contributed by atoms with Crippen LogP contribution in [0, 0.1) is 5.92 Å². The number of methoxy groups -OCH3 is 2. The number of halogens is 1. The molecule has 1 saturated carbocycles. The van der Waals surface area contributed by atoms with Crippen LogP contribution in [0.2, 0.25) is 0 Å². The van der Waals surface area contributed by atoms with Crippen molar-refractivity contribution < 1.29 is 9.47 Å². The molecule has 2 aliphatic rings. The Kier molecular flexibility index (Phi) is 5.62. The molecule has 1 aliphatic carbocycles. The predicted octanol–water partition coefficient (Wildman–Crippen LogP) is 5.13. The van der Waals surface area contributed by atoms with E-state index in [9.17, 15) is 4.79 Å². The van der Waals surface area contributed by atoms with Gasteiger partial charge in [0.05, 0.1) is 21.9 Å². The van der Waals surface area contributed by atoms with E-state index >= 15 is 0 Å². The summed E-state index contributed by atoms with van der Waals surface area (Å²) in [5, 5.41) is 0.627. The highest BCUT2D eigenvalue weighted by molar-refractivity contribution is 9.10. The van der Waals surface area contributed by atoms with Crippen LogP contribution in [0.4, 0.5) is 5.69 Å². The molecule has 0 radical (unpaired) electrons. The Morgan fingerprint density at radius 1 is 1.03 bits per heavy atom.